The lowest BCUT2D eigenvalue weighted by molar-refractivity contribution is -0.243. The van der Waals surface area contributed by atoms with Gasteiger partial charge in [0.25, 0.3) is 0 Å². The second-order valence-electron chi connectivity index (χ2n) is 11.1. The fourth-order valence-corrected chi connectivity index (χ4v) is 4.95. The Kier molecular flexibility index (Phi) is 7.69. The molecule has 1 aliphatic heterocycles. The summed E-state index contributed by atoms with van der Waals surface area (Å²) in [7, 11) is 0. The first-order chi connectivity index (χ1) is 17.5. The number of aryl methyl sites for hydroxylation is 2. The second kappa shape index (κ2) is 10.8. The molecular weight excluding hydrogens is 462 g/mol. The van der Waals surface area contributed by atoms with Crippen LogP contribution < -0.4 is 5.32 Å². The summed E-state index contributed by atoms with van der Waals surface area (Å²) in [5, 5.41) is 5.35. The van der Waals surface area contributed by atoms with Gasteiger partial charge >= 0.3 is 12.0 Å². The maximum Gasteiger partial charge on any atom is 0.338 e. The zero-order chi connectivity index (χ0) is 26.6. The van der Waals surface area contributed by atoms with Crippen molar-refractivity contribution in [3.8, 4) is 0 Å². The highest BCUT2D eigenvalue weighted by Gasteiger charge is 2.49. The molecule has 6 nitrogen and oxygen atoms in total. The van der Waals surface area contributed by atoms with E-state index in [4.69, 9.17) is 14.6 Å². The third kappa shape index (κ3) is 6.77. The molecule has 1 fully saturated rings. The number of ether oxygens (including phenoxy) is 1. The van der Waals surface area contributed by atoms with Gasteiger partial charge in [0.2, 0.25) is 0 Å². The predicted octanol–water partition coefficient (Wildman–Crippen LogP) is 7.21. The number of carbonyl (C=O) groups excluding carboxylic acids is 1. The van der Waals surface area contributed by atoms with Gasteiger partial charge < -0.3 is 14.9 Å². The van der Waals surface area contributed by atoms with E-state index in [2.05, 4.69) is 46.9 Å². The second-order valence-corrected chi connectivity index (χ2v) is 11.1. The van der Waals surface area contributed by atoms with Crippen molar-refractivity contribution in [2.24, 2.45) is 4.99 Å². The normalized spacial score (nSPS) is 17.7. The Hall–Kier alpha value is -3.64. The molecule has 3 aromatic rings. The van der Waals surface area contributed by atoms with Crippen LogP contribution in [0.5, 0.6) is 0 Å². The minimum atomic E-state index is -0.438. The Morgan fingerprint density at radius 3 is 1.95 bits per heavy atom. The molecule has 0 bridgehead atoms. The van der Waals surface area contributed by atoms with Crippen LogP contribution in [-0.2, 0) is 9.57 Å². The molecule has 3 aromatic carbocycles. The largest absolute Gasteiger partial charge is 0.459 e. The molecule has 6 heteroatoms. The molecule has 0 spiro atoms. The minimum Gasteiger partial charge on any atom is -0.459 e. The first-order valence-corrected chi connectivity index (χ1v) is 12.8. The molecule has 0 saturated carbocycles. The number of anilines is 1. The Balaban J connectivity index is 1.57. The Morgan fingerprint density at radius 2 is 1.38 bits per heavy atom. The highest BCUT2D eigenvalue weighted by Crippen LogP contribution is 2.40. The summed E-state index contributed by atoms with van der Waals surface area (Å²) < 4.78 is 5.95. The van der Waals surface area contributed by atoms with E-state index in [0.717, 1.165) is 11.4 Å². The molecule has 0 aromatic heterocycles. The monoisotopic (exact) mass is 499 g/mol. The number of benzene rings is 3. The van der Waals surface area contributed by atoms with Crippen LogP contribution in [0.2, 0.25) is 0 Å². The number of hydrogen-bond donors (Lipinski definition) is 1. The van der Waals surface area contributed by atoms with Gasteiger partial charge in [-0.05, 0) is 77.9 Å². The van der Waals surface area contributed by atoms with Crippen LogP contribution >= 0.6 is 0 Å². The highest BCUT2D eigenvalue weighted by atomic mass is 16.7. The van der Waals surface area contributed by atoms with Gasteiger partial charge in [-0.15, -0.1) is 5.06 Å². The average molecular weight is 500 g/mol. The summed E-state index contributed by atoms with van der Waals surface area (Å²) in [6.45, 7) is 12.5. The topological polar surface area (TPSA) is 63.2 Å². The van der Waals surface area contributed by atoms with Gasteiger partial charge in [-0.2, -0.15) is 4.99 Å². The quantitative estimate of drug-likeness (QED) is 0.228. The molecule has 0 aliphatic carbocycles. The third-order valence-corrected chi connectivity index (χ3v) is 6.58. The van der Waals surface area contributed by atoms with Crippen molar-refractivity contribution in [2.75, 3.05) is 5.32 Å². The van der Waals surface area contributed by atoms with Crippen molar-refractivity contribution in [1.82, 2.24) is 5.06 Å². The van der Waals surface area contributed by atoms with Gasteiger partial charge in [-0.3, -0.25) is 0 Å². The van der Waals surface area contributed by atoms with Crippen molar-refractivity contribution >= 4 is 23.4 Å². The van der Waals surface area contributed by atoms with Crippen LogP contribution in [-0.4, -0.2) is 34.2 Å². The Morgan fingerprint density at radius 1 is 0.838 bits per heavy atom. The standard InChI is InChI=1S/C31H37N3O3/c1-22-12-16-25(17-13-22)32-29(33-26-18-14-23(2)15-19-26)37-34-30(3,4)20-27(21-31(34,5)6)36-28(35)24-10-8-7-9-11-24/h7-19,27H,20-21H2,1-6H3,(H,32,33). The lowest BCUT2D eigenvalue weighted by Crippen LogP contribution is -2.62. The van der Waals surface area contributed by atoms with E-state index in [1.54, 1.807) is 12.1 Å². The number of hydrogen-bond acceptors (Lipinski definition) is 5. The van der Waals surface area contributed by atoms with Crippen LogP contribution in [0.3, 0.4) is 0 Å². The smallest absolute Gasteiger partial charge is 0.338 e. The van der Waals surface area contributed by atoms with Crippen LogP contribution in [0.4, 0.5) is 11.4 Å². The van der Waals surface area contributed by atoms with Crippen molar-refractivity contribution in [3.05, 3.63) is 95.6 Å². The number of carbonyl (C=O) groups is 1. The van der Waals surface area contributed by atoms with Gasteiger partial charge in [0.05, 0.1) is 22.3 Å². The number of nitrogens with zero attached hydrogens (tertiary/aromatic N) is 2. The van der Waals surface area contributed by atoms with Crippen LogP contribution in [0.1, 0.15) is 62.0 Å². The summed E-state index contributed by atoms with van der Waals surface area (Å²) in [5.74, 6) is -0.297. The van der Waals surface area contributed by atoms with E-state index in [1.807, 2.05) is 71.8 Å². The van der Waals surface area contributed by atoms with E-state index >= 15 is 0 Å². The summed E-state index contributed by atoms with van der Waals surface area (Å²) >= 11 is 0. The molecule has 194 valence electrons. The number of nitrogens with one attached hydrogen (secondary N) is 1. The fraction of sp³-hybridized carbons (Fsp3) is 0.355. The first kappa shape index (κ1) is 26.4. The molecule has 0 atom stereocenters. The molecule has 1 heterocycles. The summed E-state index contributed by atoms with van der Waals surface area (Å²) in [5.41, 5.74) is 3.71. The maximum absolute atomic E-state index is 12.8. The SMILES string of the molecule is Cc1ccc(/N=C(\Nc2ccc(C)cc2)ON2C(C)(C)CC(OC(=O)c3ccccc3)CC2(C)C)cc1. The zero-order valence-electron chi connectivity index (χ0n) is 22.6. The summed E-state index contributed by atoms with van der Waals surface area (Å²) in [4.78, 5) is 24.1. The third-order valence-electron chi connectivity index (χ3n) is 6.58. The number of aliphatic imine (C=N–C) groups is 1. The molecule has 0 unspecified atom stereocenters. The fourth-order valence-electron chi connectivity index (χ4n) is 4.95. The molecule has 37 heavy (non-hydrogen) atoms. The highest BCUT2D eigenvalue weighted by molar-refractivity contribution is 5.91. The average Bonchev–Trinajstić information content (AvgIpc) is 2.84. The minimum absolute atomic E-state index is 0.236. The van der Waals surface area contributed by atoms with Gasteiger partial charge in [0.1, 0.15) is 6.10 Å². The molecule has 1 N–H and O–H groups in total. The first-order valence-electron chi connectivity index (χ1n) is 12.8. The lowest BCUT2D eigenvalue weighted by Gasteiger charge is -2.52. The summed E-state index contributed by atoms with van der Waals surface area (Å²) in [6.07, 6.45) is 1.01. The van der Waals surface area contributed by atoms with Crippen LogP contribution in [0.15, 0.2) is 83.9 Å². The number of rotatable bonds is 5. The van der Waals surface area contributed by atoms with Crippen LogP contribution in [0, 0.1) is 13.8 Å². The van der Waals surface area contributed by atoms with E-state index < -0.39 is 11.1 Å². The van der Waals surface area contributed by atoms with E-state index in [1.165, 1.54) is 11.1 Å². The van der Waals surface area contributed by atoms with E-state index in [0.29, 0.717) is 24.4 Å². The number of esters is 1. The predicted molar refractivity (Wildman–Crippen MR) is 149 cm³/mol. The van der Waals surface area contributed by atoms with E-state index in [9.17, 15) is 4.79 Å². The zero-order valence-corrected chi connectivity index (χ0v) is 22.6. The lowest BCUT2D eigenvalue weighted by atomic mass is 9.80. The number of hydroxylamine groups is 2. The van der Waals surface area contributed by atoms with Gasteiger partial charge in [-0.1, -0.05) is 53.6 Å². The van der Waals surface area contributed by atoms with Gasteiger partial charge in [-0.25, -0.2) is 4.79 Å². The van der Waals surface area contributed by atoms with Crippen molar-refractivity contribution in [2.45, 2.75) is 71.6 Å². The summed E-state index contributed by atoms with van der Waals surface area (Å²) in [6, 6.07) is 25.6. The molecule has 0 amide bonds. The van der Waals surface area contributed by atoms with Gasteiger partial charge in [0.15, 0.2) is 0 Å². The van der Waals surface area contributed by atoms with Crippen molar-refractivity contribution in [1.29, 1.82) is 0 Å². The Labute approximate surface area is 220 Å². The van der Waals surface area contributed by atoms with Gasteiger partial charge in [0, 0.05) is 18.5 Å². The molecular formula is C31H37N3O3. The molecule has 1 saturated heterocycles. The number of amidine groups is 1. The van der Waals surface area contributed by atoms with E-state index in [-0.39, 0.29) is 12.1 Å². The maximum atomic E-state index is 12.8. The van der Waals surface area contributed by atoms with Crippen molar-refractivity contribution < 1.29 is 14.4 Å². The Bertz CT molecular complexity index is 1210. The number of piperidine rings is 1. The van der Waals surface area contributed by atoms with Crippen molar-refractivity contribution in [3.63, 3.8) is 0 Å². The molecule has 1 aliphatic rings. The van der Waals surface area contributed by atoms with Crippen LogP contribution in [0.25, 0.3) is 0 Å². The molecule has 0 radical (unpaired) electrons. The molecule has 4 rings (SSSR count).